The molecular weight excluding hydrogens is 172 g/mol. The average molecular weight is 186 g/mol. The number of nitriles is 1. The Bertz CT molecular complexity index is 374. The van der Waals surface area contributed by atoms with Crippen molar-refractivity contribution in [3.05, 3.63) is 35.5 Å². The monoisotopic (exact) mass is 186 g/mol. The lowest BCUT2D eigenvalue weighted by atomic mass is 10.0. The second-order valence-electron chi connectivity index (χ2n) is 3.40. The van der Waals surface area contributed by atoms with Crippen LogP contribution in [0.5, 0.6) is 0 Å². The summed E-state index contributed by atoms with van der Waals surface area (Å²) in [5, 5.41) is 8.76. The van der Waals surface area contributed by atoms with Gasteiger partial charge < -0.3 is 0 Å². The third kappa shape index (κ3) is 2.43. The van der Waals surface area contributed by atoms with E-state index in [0.29, 0.717) is 5.57 Å². The summed E-state index contributed by atoms with van der Waals surface area (Å²) in [5.41, 5.74) is 2.65. The van der Waals surface area contributed by atoms with Gasteiger partial charge in [0.15, 0.2) is 0 Å². The Morgan fingerprint density at radius 2 is 2.14 bits per heavy atom. The van der Waals surface area contributed by atoms with Gasteiger partial charge in [-0.25, -0.2) is 0 Å². The van der Waals surface area contributed by atoms with Crippen molar-refractivity contribution in [1.82, 2.24) is 0 Å². The van der Waals surface area contributed by atoms with Crippen LogP contribution in [-0.4, -0.2) is 11.8 Å². The summed E-state index contributed by atoms with van der Waals surface area (Å²) in [7, 11) is 0. The van der Waals surface area contributed by atoms with Gasteiger partial charge in [0.25, 0.3) is 0 Å². The number of hydrogen-bond acceptors (Lipinski definition) is 2. The Balaban J connectivity index is 3.08. The van der Waals surface area contributed by atoms with Crippen molar-refractivity contribution in [2.75, 3.05) is 0 Å². The van der Waals surface area contributed by atoms with Gasteiger partial charge in [-0.05, 0) is 38.5 Å². The molecule has 0 amide bonds. The first-order valence-electron chi connectivity index (χ1n) is 4.71. The summed E-state index contributed by atoms with van der Waals surface area (Å²) in [5.74, 6) is 0. The highest BCUT2D eigenvalue weighted by atomic mass is 14.8. The fraction of sp³-hybridized carbons (Fsp3) is 0.333. The standard InChI is InChI=1S/C12H14N2/c1-4-11-6-5-10(8-13)7-12(11)14-9(2)3/h4-7,9H,1-3H3/b11-4-,14-12?. The molecule has 0 unspecified atom stereocenters. The van der Waals surface area contributed by atoms with Crippen molar-refractivity contribution < 1.29 is 0 Å². The molecule has 0 saturated heterocycles. The summed E-state index contributed by atoms with van der Waals surface area (Å²) >= 11 is 0. The van der Waals surface area contributed by atoms with Crippen molar-refractivity contribution >= 4 is 5.71 Å². The molecule has 72 valence electrons. The molecule has 0 fully saturated rings. The van der Waals surface area contributed by atoms with Crippen LogP contribution < -0.4 is 0 Å². The third-order valence-corrected chi connectivity index (χ3v) is 1.87. The number of allylic oxidation sites excluding steroid dienone is 6. The molecule has 0 spiro atoms. The van der Waals surface area contributed by atoms with Crippen LogP contribution in [0, 0.1) is 11.3 Å². The fourth-order valence-corrected chi connectivity index (χ4v) is 1.25. The zero-order valence-electron chi connectivity index (χ0n) is 8.78. The van der Waals surface area contributed by atoms with Gasteiger partial charge >= 0.3 is 0 Å². The molecule has 1 rings (SSSR count). The zero-order valence-corrected chi connectivity index (χ0v) is 8.78. The van der Waals surface area contributed by atoms with E-state index in [1.165, 1.54) is 0 Å². The maximum absolute atomic E-state index is 8.76. The maximum Gasteiger partial charge on any atom is 0.0992 e. The molecule has 0 aromatic heterocycles. The summed E-state index contributed by atoms with van der Waals surface area (Å²) in [6, 6.07) is 2.37. The lowest BCUT2D eigenvalue weighted by Crippen LogP contribution is -2.06. The highest BCUT2D eigenvalue weighted by Crippen LogP contribution is 2.14. The topological polar surface area (TPSA) is 36.1 Å². The molecule has 0 N–H and O–H groups in total. The molecule has 0 heterocycles. The molecule has 0 aromatic carbocycles. The first-order valence-corrected chi connectivity index (χ1v) is 4.71. The second-order valence-corrected chi connectivity index (χ2v) is 3.40. The van der Waals surface area contributed by atoms with Gasteiger partial charge in [0.1, 0.15) is 0 Å². The van der Waals surface area contributed by atoms with Gasteiger partial charge in [-0.3, -0.25) is 4.99 Å². The summed E-state index contributed by atoms with van der Waals surface area (Å²) in [6.45, 7) is 6.03. The molecule has 0 radical (unpaired) electrons. The van der Waals surface area contributed by atoms with Crippen molar-refractivity contribution in [3.63, 3.8) is 0 Å². The van der Waals surface area contributed by atoms with E-state index in [4.69, 9.17) is 5.26 Å². The molecule has 2 heteroatoms. The molecule has 0 aliphatic heterocycles. The third-order valence-electron chi connectivity index (χ3n) is 1.87. The van der Waals surface area contributed by atoms with Crippen LogP contribution in [0.1, 0.15) is 20.8 Å². The van der Waals surface area contributed by atoms with E-state index in [2.05, 4.69) is 11.1 Å². The minimum Gasteiger partial charge on any atom is -0.282 e. The minimum absolute atomic E-state index is 0.252. The number of nitrogens with zero attached hydrogens (tertiary/aromatic N) is 2. The zero-order chi connectivity index (χ0) is 10.6. The van der Waals surface area contributed by atoms with Crippen molar-refractivity contribution in [2.45, 2.75) is 26.8 Å². The first-order chi connectivity index (χ1) is 6.67. The van der Waals surface area contributed by atoms with E-state index < -0.39 is 0 Å². The van der Waals surface area contributed by atoms with Crippen molar-refractivity contribution in [2.24, 2.45) is 4.99 Å². The largest absolute Gasteiger partial charge is 0.282 e. The summed E-state index contributed by atoms with van der Waals surface area (Å²) < 4.78 is 0. The molecular formula is C12H14N2. The van der Waals surface area contributed by atoms with Crippen LogP contribution in [0.2, 0.25) is 0 Å². The number of hydrogen-bond donors (Lipinski definition) is 0. The van der Waals surface area contributed by atoms with Gasteiger partial charge in [-0.2, -0.15) is 5.26 Å². The lowest BCUT2D eigenvalue weighted by molar-refractivity contribution is 0.837. The van der Waals surface area contributed by atoms with Gasteiger partial charge in [-0.15, -0.1) is 0 Å². The van der Waals surface area contributed by atoms with E-state index in [9.17, 15) is 0 Å². The predicted octanol–water partition coefficient (Wildman–Crippen LogP) is 2.80. The van der Waals surface area contributed by atoms with Crippen molar-refractivity contribution in [3.8, 4) is 6.07 Å². The highest BCUT2D eigenvalue weighted by molar-refractivity contribution is 6.12. The summed E-state index contributed by atoms with van der Waals surface area (Å²) in [6.07, 6.45) is 7.58. The highest BCUT2D eigenvalue weighted by Gasteiger charge is 2.07. The van der Waals surface area contributed by atoms with E-state index >= 15 is 0 Å². The Labute approximate surface area is 85.0 Å². The van der Waals surface area contributed by atoms with E-state index in [-0.39, 0.29) is 6.04 Å². The molecule has 1 aliphatic carbocycles. The smallest absolute Gasteiger partial charge is 0.0992 e. The summed E-state index contributed by atoms with van der Waals surface area (Å²) in [4.78, 5) is 4.46. The van der Waals surface area contributed by atoms with Crippen LogP contribution in [0.4, 0.5) is 0 Å². The van der Waals surface area contributed by atoms with E-state index in [1.807, 2.05) is 45.1 Å². The Morgan fingerprint density at radius 3 is 2.64 bits per heavy atom. The normalized spacial score (nSPS) is 21.5. The average Bonchev–Trinajstić information content (AvgIpc) is 2.16. The molecule has 0 aromatic rings. The Kier molecular flexibility index (Phi) is 3.41. The predicted molar refractivity (Wildman–Crippen MR) is 59.2 cm³/mol. The van der Waals surface area contributed by atoms with E-state index in [1.54, 1.807) is 0 Å². The second kappa shape index (κ2) is 4.57. The molecule has 1 aliphatic rings. The lowest BCUT2D eigenvalue weighted by Gasteiger charge is -2.09. The van der Waals surface area contributed by atoms with Crippen LogP contribution in [-0.2, 0) is 0 Å². The minimum atomic E-state index is 0.252. The quantitative estimate of drug-likeness (QED) is 0.620. The van der Waals surface area contributed by atoms with E-state index in [0.717, 1.165) is 11.3 Å². The van der Waals surface area contributed by atoms with Crippen molar-refractivity contribution in [1.29, 1.82) is 5.26 Å². The number of aliphatic imine (C=N–C) groups is 1. The Hall–Kier alpha value is -1.62. The van der Waals surface area contributed by atoms with Gasteiger partial charge in [0.2, 0.25) is 0 Å². The number of rotatable bonds is 1. The van der Waals surface area contributed by atoms with Gasteiger partial charge in [-0.1, -0.05) is 12.2 Å². The van der Waals surface area contributed by atoms with Crippen LogP contribution in [0.3, 0.4) is 0 Å². The van der Waals surface area contributed by atoms with Gasteiger partial charge in [0, 0.05) is 6.04 Å². The van der Waals surface area contributed by atoms with Crippen LogP contribution in [0.25, 0.3) is 0 Å². The van der Waals surface area contributed by atoms with Crippen LogP contribution in [0.15, 0.2) is 40.4 Å². The first kappa shape index (κ1) is 10.5. The SMILES string of the molecule is C/C=C1/C=CC(C#N)=CC1=NC(C)C. The van der Waals surface area contributed by atoms with Gasteiger partial charge in [0.05, 0.1) is 17.4 Å². The van der Waals surface area contributed by atoms with Crippen LogP contribution >= 0.6 is 0 Å². The fourth-order valence-electron chi connectivity index (χ4n) is 1.25. The molecule has 14 heavy (non-hydrogen) atoms. The molecule has 0 bridgehead atoms. The molecule has 0 saturated carbocycles. The Morgan fingerprint density at radius 1 is 1.43 bits per heavy atom. The maximum atomic E-state index is 8.76. The molecule has 0 atom stereocenters. The molecule has 2 nitrogen and oxygen atoms in total.